The molecule has 17 heavy (non-hydrogen) atoms. The van der Waals surface area contributed by atoms with Crippen molar-refractivity contribution < 1.29 is 4.39 Å². The van der Waals surface area contributed by atoms with Gasteiger partial charge >= 0.3 is 0 Å². The van der Waals surface area contributed by atoms with Crippen LogP contribution < -0.4 is 0 Å². The third kappa shape index (κ3) is 2.76. The Bertz CT molecular complexity index is 525. The summed E-state index contributed by atoms with van der Waals surface area (Å²) in [6.07, 6.45) is 1.69. The Hall–Kier alpha value is -1.13. The van der Waals surface area contributed by atoms with Crippen molar-refractivity contribution in [1.82, 2.24) is 15.0 Å². The summed E-state index contributed by atoms with van der Waals surface area (Å²) in [5.41, 5.74) is 1.13. The molecule has 0 radical (unpaired) electrons. The van der Waals surface area contributed by atoms with Crippen molar-refractivity contribution in [3.63, 3.8) is 0 Å². The first-order chi connectivity index (χ1) is 8.08. The monoisotopic (exact) mass is 273 g/mol. The van der Waals surface area contributed by atoms with Crippen molar-refractivity contribution in [3.8, 4) is 0 Å². The average Bonchev–Trinajstić information content (AvgIpc) is 2.73. The van der Waals surface area contributed by atoms with E-state index in [9.17, 15) is 4.39 Å². The molecule has 90 valence electrons. The van der Waals surface area contributed by atoms with Crippen LogP contribution in [0.2, 0.25) is 5.02 Å². The third-order valence-electron chi connectivity index (χ3n) is 2.33. The molecule has 3 nitrogen and oxygen atoms in total. The van der Waals surface area contributed by atoms with E-state index in [-0.39, 0.29) is 16.9 Å². The molecule has 1 aromatic carbocycles. The molecule has 2 aromatic rings. The molecule has 0 saturated carbocycles. The van der Waals surface area contributed by atoms with Gasteiger partial charge in [-0.05, 0) is 13.0 Å². The van der Waals surface area contributed by atoms with Crippen LogP contribution >= 0.6 is 23.2 Å². The summed E-state index contributed by atoms with van der Waals surface area (Å²) < 4.78 is 15.2. The highest BCUT2D eigenvalue weighted by molar-refractivity contribution is 6.30. The lowest BCUT2D eigenvalue weighted by Gasteiger charge is -2.03. The Morgan fingerprint density at radius 3 is 2.88 bits per heavy atom. The molecular weight excluding hydrogens is 264 g/mol. The quantitative estimate of drug-likeness (QED) is 0.803. The van der Waals surface area contributed by atoms with Crippen molar-refractivity contribution in [2.24, 2.45) is 0 Å². The van der Waals surface area contributed by atoms with E-state index in [1.807, 2.05) is 0 Å². The number of hydrogen-bond donors (Lipinski definition) is 0. The van der Waals surface area contributed by atoms with Gasteiger partial charge in [0.2, 0.25) is 0 Å². The maximum atomic E-state index is 13.6. The first-order valence-electron chi connectivity index (χ1n) is 5.05. The van der Waals surface area contributed by atoms with Crippen molar-refractivity contribution in [3.05, 3.63) is 46.5 Å². The van der Waals surface area contributed by atoms with Crippen LogP contribution in [0, 0.1) is 5.82 Å². The average molecular weight is 274 g/mol. The molecular formula is C11H10Cl2FN3. The number of alkyl halides is 1. The number of rotatable bonds is 3. The summed E-state index contributed by atoms with van der Waals surface area (Å²) in [5.74, 6) is -0.426. The van der Waals surface area contributed by atoms with Gasteiger partial charge in [0, 0.05) is 5.56 Å². The van der Waals surface area contributed by atoms with Gasteiger partial charge in [0.1, 0.15) is 11.5 Å². The highest BCUT2D eigenvalue weighted by atomic mass is 35.5. The van der Waals surface area contributed by atoms with Crippen LogP contribution in [-0.4, -0.2) is 15.0 Å². The molecule has 0 aliphatic carbocycles. The fourth-order valence-corrected chi connectivity index (χ4v) is 1.71. The van der Waals surface area contributed by atoms with E-state index < -0.39 is 5.82 Å². The molecule has 1 aromatic heterocycles. The van der Waals surface area contributed by atoms with Gasteiger partial charge in [0.15, 0.2) is 0 Å². The minimum absolute atomic E-state index is 0.105. The van der Waals surface area contributed by atoms with E-state index in [4.69, 9.17) is 23.2 Å². The van der Waals surface area contributed by atoms with E-state index in [2.05, 4.69) is 10.3 Å². The van der Waals surface area contributed by atoms with Crippen molar-refractivity contribution in [1.29, 1.82) is 0 Å². The first kappa shape index (κ1) is 12.3. The lowest BCUT2D eigenvalue weighted by molar-refractivity contribution is 0.577. The zero-order chi connectivity index (χ0) is 12.4. The van der Waals surface area contributed by atoms with Crippen LogP contribution in [0.15, 0.2) is 24.4 Å². The van der Waals surface area contributed by atoms with Gasteiger partial charge in [-0.25, -0.2) is 9.07 Å². The van der Waals surface area contributed by atoms with Crippen LogP contribution in [0.5, 0.6) is 0 Å². The van der Waals surface area contributed by atoms with Gasteiger partial charge in [-0.3, -0.25) is 0 Å². The predicted octanol–water partition coefficient (Wildman–Crippen LogP) is 3.42. The molecule has 1 unspecified atom stereocenters. The molecule has 1 atom stereocenters. The number of benzene rings is 1. The van der Waals surface area contributed by atoms with Crippen LogP contribution in [0.3, 0.4) is 0 Å². The molecule has 0 N–H and O–H groups in total. The normalized spacial score (nSPS) is 12.7. The number of aromatic nitrogens is 3. The van der Waals surface area contributed by atoms with Gasteiger partial charge in [-0.1, -0.05) is 28.9 Å². The molecule has 0 saturated heterocycles. The van der Waals surface area contributed by atoms with Gasteiger partial charge in [-0.15, -0.1) is 16.7 Å². The second-order valence-corrected chi connectivity index (χ2v) is 4.73. The van der Waals surface area contributed by atoms with Crippen LogP contribution in [-0.2, 0) is 6.54 Å². The number of halogens is 3. The SMILES string of the molecule is CC(Cl)c1cn(Cc2cccc(Cl)c2F)nn1. The summed E-state index contributed by atoms with van der Waals surface area (Å²) in [6, 6.07) is 4.86. The molecule has 0 fully saturated rings. The van der Waals surface area contributed by atoms with Crippen molar-refractivity contribution in [2.75, 3.05) is 0 Å². The molecule has 1 heterocycles. The third-order valence-corrected chi connectivity index (χ3v) is 2.84. The molecule has 0 aliphatic rings. The van der Waals surface area contributed by atoms with Crippen LogP contribution in [0.4, 0.5) is 4.39 Å². The topological polar surface area (TPSA) is 30.7 Å². The van der Waals surface area contributed by atoms with E-state index in [0.717, 1.165) is 0 Å². The molecule has 0 bridgehead atoms. The largest absolute Gasteiger partial charge is 0.248 e. The minimum Gasteiger partial charge on any atom is -0.248 e. The van der Waals surface area contributed by atoms with E-state index in [1.54, 1.807) is 25.3 Å². The van der Waals surface area contributed by atoms with E-state index in [0.29, 0.717) is 11.3 Å². The Morgan fingerprint density at radius 2 is 2.24 bits per heavy atom. The number of hydrogen-bond acceptors (Lipinski definition) is 2. The van der Waals surface area contributed by atoms with Crippen molar-refractivity contribution >= 4 is 23.2 Å². The fraction of sp³-hybridized carbons (Fsp3) is 0.273. The second-order valence-electron chi connectivity index (χ2n) is 3.67. The lowest BCUT2D eigenvalue weighted by atomic mass is 10.2. The van der Waals surface area contributed by atoms with Gasteiger partial charge in [-0.2, -0.15) is 0 Å². The second kappa shape index (κ2) is 5.02. The van der Waals surface area contributed by atoms with E-state index >= 15 is 0 Å². The van der Waals surface area contributed by atoms with Gasteiger partial charge in [0.05, 0.1) is 23.1 Å². The predicted molar refractivity (Wildman–Crippen MR) is 64.8 cm³/mol. The fourth-order valence-electron chi connectivity index (χ4n) is 1.42. The Balaban J connectivity index is 2.22. The highest BCUT2D eigenvalue weighted by Gasteiger charge is 2.10. The van der Waals surface area contributed by atoms with Crippen LogP contribution in [0.25, 0.3) is 0 Å². The maximum Gasteiger partial charge on any atom is 0.146 e. The summed E-state index contributed by atoms with van der Waals surface area (Å²) in [4.78, 5) is 0. The standard InChI is InChI=1S/C11H10Cl2FN3/c1-7(12)10-6-17(16-15-10)5-8-3-2-4-9(13)11(8)14/h2-4,6-7H,5H2,1H3. The summed E-state index contributed by atoms with van der Waals surface area (Å²) in [5, 5.41) is 7.66. The zero-order valence-electron chi connectivity index (χ0n) is 9.07. The number of nitrogens with zero attached hydrogens (tertiary/aromatic N) is 3. The van der Waals surface area contributed by atoms with Crippen LogP contribution in [0.1, 0.15) is 23.6 Å². The molecule has 2 rings (SSSR count). The summed E-state index contributed by atoms with van der Waals surface area (Å²) >= 11 is 11.6. The first-order valence-corrected chi connectivity index (χ1v) is 5.86. The Labute approximate surface area is 108 Å². The zero-order valence-corrected chi connectivity index (χ0v) is 10.6. The van der Waals surface area contributed by atoms with Gasteiger partial charge in [0.25, 0.3) is 0 Å². The Kier molecular flexibility index (Phi) is 3.64. The van der Waals surface area contributed by atoms with Gasteiger partial charge < -0.3 is 0 Å². The minimum atomic E-state index is -0.426. The van der Waals surface area contributed by atoms with Crippen molar-refractivity contribution in [2.45, 2.75) is 18.8 Å². The van der Waals surface area contributed by atoms with E-state index in [1.165, 1.54) is 10.7 Å². The molecule has 0 aliphatic heterocycles. The lowest BCUT2D eigenvalue weighted by Crippen LogP contribution is -2.03. The molecule has 0 amide bonds. The Morgan fingerprint density at radius 1 is 1.47 bits per heavy atom. The maximum absolute atomic E-state index is 13.6. The molecule has 6 heteroatoms. The highest BCUT2D eigenvalue weighted by Crippen LogP contribution is 2.19. The summed E-state index contributed by atoms with van der Waals surface area (Å²) in [7, 11) is 0. The smallest absolute Gasteiger partial charge is 0.146 e. The summed E-state index contributed by atoms with van der Waals surface area (Å²) in [6.45, 7) is 2.08. The molecule has 0 spiro atoms.